The average Bonchev–Trinajstić information content (AvgIpc) is 3.00. The van der Waals surface area contributed by atoms with Crippen LogP contribution in [0, 0.1) is 5.92 Å². The Kier molecular flexibility index (Phi) is 14.4. The van der Waals surface area contributed by atoms with E-state index in [-0.39, 0.29) is 5.91 Å². The van der Waals surface area contributed by atoms with Gasteiger partial charge in [0.2, 0.25) is 0 Å². The second-order valence-electron chi connectivity index (χ2n) is 10.3. The number of aromatic nitrogens is 2. The largest absolute Gasteiger partial charge is 0.505 e. The molecule has 0 atom stereocenters. The topological polar surface area (TPSA) is 99.2 Å². The number of amides is 1. The molecule has 0 bridgehead atoms. The number of hydrogen-bond donors (Lipinski definition) is 4. The Balaban J connectivity index is 0.000000661. The molecule has 4 N–H and O–H groups in total. The Hall–Kier alpha value is -3.89. The summed E-state index contributed by atoms with van der Waals surface area (Å²) in [6, 6.07) is 11.5. The van der Waals surface area contributed by atoms with Gasteiger partial charge in [-0.1, -0.05) is 64.6 Å². The van der Waals surface area contributed by atoms with E-state index in [2.05, 4.69) is 65.1 Å². The highest BCUT2D eigenvalue weighted by atomic mass is 35.5. The summed E-state index contributed by atoms with van der Waals surface area (Å²) < 4.78 is 32.5. The third-order valence-corrected chi connectivity index (χ3v) is 6.96. The van der Waals surface area contributed by atoms with Crippen molar-refractivity contribution in [1.29, 1.82) is 0 Å². The Labute approximate surface area is 262 Å². The third kappa shape index (κ3) is 11.3. The number of nitrogens with one attached hydrogen (secondary N) is 3. The lowest BCUT2D eigenvalue weighted by atomic mass is 9.87. The van der Waals surface area contributed by atoms with Gasteiger partial charge in [0.25, 0.3) is 5.91 Å². The maximum Gasteiger partial charge on any atom is 0.448 e. The van der Waals surface area contributed by atoms with E-state index in [4.69, 9.17) is 16.7 Å². The zero-order valence-electron chi connectivity index (χ0n) is 25.6. The van der Waals surface area contributed by atoms with Crippen molar-refractivity contribution in [3.05, 3.63) is 101 Å². The fraction of sp³-hybridized carbons (Fsp3) is 0.364. The molecule has 44 heavy (non-hydrogen) atoms. The van der Waals surface area contributed by atoms with E-state index in [1.54, 1.807) is 36.8 Å². The zero-order valence-corrected chi connectivity index (χ0v) is 26.3. The maximum absolute atomic E-state index is 13.5. The van der Waals surface area contributed by atoms with E-state index in [0.717, 1.165) is 37.9 Å². The number of pyridine rings is 2. The van der Waals surface area contributed by atoms with Gasteiger partial charge in [-0.05, 0) is 79.6 Å². The summed E-state index contributed by atoms with van der Waals surface area (Å²) >= 11 is 5.93. The molecular formula is C33H41ClF3N5O2. The number of benzene rings is 1. The highest BCUT2D eigenvalue weighted by Crippen LogP contribution is 2.28. The Morgan fingerprint density at radius 2 is 1.73 bits per heavy atom. The van der Waals surface area contributed by atoms with Gasteiger partial charge in [-0.15, -0.1) is 0 Å². The van der Waals surface area contributed by atoms with Gasteiger partial charge in [-0.3, -0.25) is 9.78 Å². The van der Waals surface area contributed by atoms with Crippen molar-refractivity contribution in [3.63, 3.8) is 0 Å². The lowest BCUT2D eigenvalue weighted by Crippen LogP contribution is -2.29. The minimum Gasteiger partial charge on any atom is -0.505 e. The number of carbonyl (C=O) groups excluding carboxylic acids is 1. The summed E-state index contributed by atoms with van der Waals surface area (Å²) in [6.45, 7) is 16.8. The Morgan fingerprint density at radius 3 is 2.30 bits per heavy atom. The van der Waals surface area contributed by atoms with Gasteiger partial charge in [-0.2, -0.15) is 13.2 Å². The van der Waals surface area contributed by atoms with Gasteiger partial charge < -0.3 is 21.1 Å². The molecular weight excluding hydrogens is 591 g/mol. The van der Waals surface area contributed by atoms with Crippen LogP contribution >= 0.6 is 11.6 Å². The van der Waals surface area contributed by atoms with Crippen LogP contribution in [0.15, 0.2) is 73.9 Å². The smallest absolute Gasteiger partial charge is 0.448 e. The molecule has 1 fully saturated rings. The van der Waals surface area contributed by atoms with Crippen molar-refractivity contribution in [2.24, 2.45) is 5.92 Å². The summed E-state index contributed by atoms with van der Waals surface area (Å²) in [5.41, 5.74) is 4.98. The summed E-state index contributed by atoms with van der Waals surface area (Å²) in [4.78, 5) is 22.0. The molecule has 4 rings (SSSR count). The number of allylic oxidation sites excluding steroid dienone is 1. The monoisotopic (exact) mass is 631 g/mol. The van der Waals surface area contributed by atoms with Crippen LogP contribution in [0.3, 0.4) is 0 Å². The van der Waals surface area contributed by atoms with E-state index in [1.807, 2.05) is 19.9 Å². The predicted molar refractivity (Wildman–Crippen MR) is 173 cm³/mol. The molecule has 3 aromatic rings. The number of carbonyl (C=O) groups is 1. The van der Waals surface area contributed by atoms with Crippen LogP contribution in [-0.4, -0.2) is 40.2 Å². The van der Waals surface area contributed by atoms with Gasteiger partial charge in [-0.25, -0.2) is 4.98 Å². The normalized spacial score (nSPS) is 13.1. The third-order valence-electron chi connectivity index (χ3n) is 6.74. The quantitative estimate of drug-likeness (QED) is 0.186. The standard InChI is InChI=1S/C28H32ClN5O.C3H3F3O.C2H6/c1-18(2)21-4-6-24(22(15-21)14-20-8-11-30-12-9-20)28(35)34-26-10-13-31-17-25(26)19(3)33-27-7-5-23(29)16-32-27;1-2(7)3(4,5)6;1-2/h4-7,10,13,15-18,20,30H,3,8-9,11-12,14H2,1-2H3,(H,32,33)(H,31,34,35);7H,1H2;1-2H3. The first-order chi connectivity index (χ1) is 20.8. The van der Waals surface area contributed by atoms with Gasteiger partial charge in [0.1, 0.15) is 5.82 Å². The zero-order chi connectivity index (χ0) is 32.9. The number of rotatable bonds is 8. The van der Waals surface area contributed by atoms with E-state index in [0.29, 0.717) is 45.2 Å². The van der Waals surface area contributed by atoms with E-state index < -0.39 is 11.9 Å². The molecule has 1 saturated heterocycles. The van der Waals surface area contributed by atoms with Gasteiger partial charge in [0, 0.05) is 35.4 Å². The second-order valence-corrected chi connectivity index (χ2v) is 10.7. The molecule has 2 aromatic heterocycles. The highest BCUT2D eigenvalue weighted by molar-refractivity contribution is 6.30. The van der Waals surface area contributed by atoms with Crippen LogP contribution in [0.1, 0.15) is 73.5 Å². The molecule has 0 aliphatic carbocycles. The van der Waals surface area contributed by atoms with Crippen LogP contribution < -0.4 is 16.0 Å². The van der Waals surface area contributed by atoms with Crippen molar-refractivity contribution in [3.8, 4) is 0 Å². The SMILES string of the molecule is C=C(Nc1ccc(Cl)cn1)c1cnccc1NC(=O)c1ccc(C(C)C)cc1CC1CCNCC1.C=C(O)C(F)(F)F.CC. The molecule has 0 radical (unpaired) electrons. The van der Waals surface area contributed by atoms with Gasteiger partial charge in [0.05, 0.1) is 10.7 Å². The van der Waals surface area contributed by atoms with Crippen molar-refractivity contribution in [1.82, 2.24) is 15.3 Å². The minimum absolute atomic E-state index is 0.130. The molecule has 238 valence electrons. The number of aliphatic hydroxyl groups excluding tert-OH is 1. The highest BCUT2D eigenvalue weighted by Gasteiger charge is 2.31. The van der Waals surface area contributed by atoms with E-state index in [9.17, 15) is 18.0 Å². The predicted octanol–water partition coefficient (Wildman–Crippen LogP) is 8.78. The Morgan fingerprint density at radius 1 is 1.07 bits per heavy atom. The molecule has 0 unspecified atom stereocenters. The van der Waals surface area contributed by atoms with E-state index in [1.165, 1.54) is 5.56 Å². The molecule has 1 aliphatic rings. The van der Waals surface area contributed by atoms with Gasteiger partial charge >= 0.3 is 6.18 Å². The molecule has 11 heteroatoms. The molecule has 7 nitrogen and oxygen atoms in total. The molecule has 3 heterocycles. The van der Waals surface area contributed by atoms with Crippen LogP contribution in [0.25, 0.3) is 5.70 Å². The number of halogens is 4. The summed E-state index contributed by atoms with van der Waals surface area (Å²) in [5, 5.41) is 17.8. The first kappa shape index (κ1) is 36.3. The number of anilines is 2. The number of hydrogen-bond acceptors (Lipinski definition) is 6. The first-order valence-electron chi connectivity index (χ1n) is 14.5. The fourth-order valence-electron chi connectivity index (χ4n) is 4.37. The van der Waals surface area contributed by atoms with Crippen LogP contribution in [0.4, 0.5) is 24.7 Å². The van der Waals surface area contributed by atoms with E-state index >= 15 is 0 Å². The summed E-state index contributed by atoms with van der Waals surface area (Å²) in [6.07, 6.45) is 3.43. The van der Waals surface area contributed by atoms with Crippen molar-refractivity contribution >= 4 is 34.7 Å². The number of piperidine rings is 1. The van der Waals surface area contributed by atoms with Crippen LogP contribution in [0.5, 0.6) is 0 Å². The lowest BCUT2D eigenvalue weighted by Gasteiger charge is -2.24. The van der Waals surface area contributed by atoms with Crippen LogP contribution in [0.2, 0.25) is 5.02 Å². The van der Waals surface area contributed by atoms with Crippen LogP contribution in [-0.2, 0) is 6.42 Å². The Bertz CT molecular complexity index is 1390. The molecule has 0 saturated carbocycles. The number of nitrogens with zero attached hydrogens (tertiary/aromatic N) is 2. The minimum atomic E-state index is -4.64. The average molecular weight is 632 g/mol. The maximum atomic E-state index is 13.5. The number of alkyl halides is 3. The molecule has 0 spiro atoms. The van der Waals surface area contributed by atoms with Crippen molar-refractivity contribution in [2.75, 3.05) is 23.7 Å². The lowest BCUT2D eigenvalue weighted by molar-refractivity contribution is -0.119. The second kappa shape index (κ2) is 17.4. The molecule has 1 aliphatic heterocycles. The van der Waals surface area contributed by atoms with Crippen molar-refractivity contribution < 1.29 is 23.1 Å². The number of aliphatic hydroxyl groups is 1. The fourth-order valence-corrected chi connectivity index (χ4v) is 4.48. The summed E-state index contributed by atoms with van der Waals surface area (Å²) in [7, 11) is 0. The van der Waals surface area contributed by atoms with Crippen molar-refractivity contribution in [2.45, 2.75) is 59.1 Å². The van der Waals surface area contributed by atoms with Gasteiger partial charge in [0.15, 0.2) is 5.76 Å². The first-order valence-corrected chi connectivity index (χ1v) is 14.8. The molecule has 1 amide bonds. The molecule has 1 aromatic carbocycles. The summed E-state index contributed by atoms with van der Waals surface area (Å²) in [5.74, 6) is -0.296.